The third kappa shape index (κ3) is 2.87. The topological polar surface area (TPSA) is 61.9 Å². The molecule has 1 amide bonds. The summed E-state index contributed by atoms with van der Waals surface area (Å²) < 4.78 is 1.96. The summed E-state index contributed by atoms with van der Waals surface area (Å²) in [5.41, 5.74) is 3.02. The lowest BCUT2D eigenvalue weighted by Crippen LogP contribution is -2.35. The molecule has 1 aromatic carbocycles. The number of benzene rings is 1. The molecular weight excluding hydrogens is 312 g/mol. The Morgan fingerprint density at radius 2 is 1.84 bits per heavy atom. The number of rotatable bonds is 2. The van der Waals surface area contributed by atoms with Gasteiger partial charge in [-0.05, 0) is 55.7 Å². The lowest BCUT2D eigenvalue weighted by atomic mass is 10.1. The number of likely N-dealkylation sites (tertiary alicyclic amines) is 1. The van der Waals surface area contributed by atoms with Crippen LogP contribution in [-0.4, -0.2) is 33.4 Å². The largest absolute Gasteiger partial charge is 0.339 e. The fourth-order valence-corrected chi connectivity index (χ4v) is 3.33. The van der Waals surface area contributed by atoms with Gasteiger partial charge >= 0.3 is 0 Å². The van der Waals surface area contributed by atoms with Crippen LogP contribution in [0.3, 0.4) is 0 Å². The SMILES string of the molecule is N#Cc1ccc(-n2ccc3cc(C(=O)N4CCCCC4)cnc32)cc1. The summed E-state index contributed by atoms with van der Waals surface area (Å²) in [7, 11) is 0. The lowest BCUT2D eigenvalue weighted by molar-refractivity contribution is 0.0724. The molecule has 0 bridgehead atoms. The summed E-state index contributed by atoms with van der Waals surface area (Å²) >= 11 is 0. The van der Waals surface area contributed by atoms with E-state index in [9.17, 15) is 4.79 Å². The van der Waals surface area contributed by atoms with Crippen LogP contribution in [0.4, 0.5) is 0 Å². The van der Waals surface area contributed by atoms with Gasteiger partial charge in [0.15, 0.2) is 0 Å². The summed E-state index contributed by atoms with van der Waals surface area (Å²) in [6.07, 6.45) is 6.97. The van der Waals surface area contributed by atoms with Gasteiger partial charge in [-0.2, -0.15) is 5.26 Å². The minimum absolute atomic E-state index is 0.0697. The highest BCUT2D eigenvalue weighted by atomic mass is 16.2. The van der Waals surface area contributed by atoms with Crippen molar-refractivity contribution in [1.82, 2.24) is 14.5 Å². The average Bonchev–Trinajstić information content (AvgIpc) is 3.11. The van der Waals surface area contributed by atoms with Crippen molar-refractivity contribution < 1.29 is 4.79 Å². The average molecular weight is 330 g/mol. The molecule has 1 saturated heterocycles. The number of nitriles is 1. The normalized spacial score (nSPS) is 14.4. The van der Waals surface area contributed by atoms with Gasteiger partial charge in [0.1, 0.15) is 5.65 Å². The fraction of sp³-hybridized carbons (Fsp3) is 0.250. The molecule has 2 aromatic heterocycles. The molecule has 1 aliphatic heterocycles. The Morgan fingerprint density at radius 3 is 2.56 bits per heavy atom. The van der Waals surface area contributed by atoms with Crippen molar-refractivity contribution in [3.05, 3.63) is 59.9 Å². The molecule has 0 unspecified atom stereocenters. The molecule has 0 radical (unpaired) electrons. The molecule has 5 nitrogen and oxygen atoms in total. The first-order chi connectivity index (χ1) is 12.3. The zero-order chi connectivity index (χ0) is 17.2. The Labute approximate surface area is 146 Å². The van der Waals surface area contributed by atoms with Crippen LogP contribution in [0.5, 0.6) is 0 Å². The second kappa shape index (κ2) is 6.40. The number of pyridine rings is 1. The lowest BCUT2D eigenvalue weighted by Gasteiger charge is -2.26. The van der Waals surface area contributed by atoms with E-state index >= 15 is 0 Å². The number of carbonyl (C=O) groups excluding carboxylic acids is 1. The Hall–Kier alpha value is -3.13. The van der Waals surface area contributed by atoms with E-state index < -0.39 is 0 Å². The first-order valence-electron chi connectivity index (χ1n) is 8.53. The predicted molar refractivity (Wildman–Crippen MR) is 95.5 cm³/mol. The molecule has 0 spiro atoms. The Morgan fingerprint density at radius 1 is 1.08 bits per heavy atom. The molecule has 5 heteroatoms. The van der Waals surface area contributed by atoms with Crippen molar-refractivity contribution in [1.29, 1.82) is 5.26 Å². The molecule has 4 rings (SSSR count). The van der Waals surface area contributed by atoms with Crippen molar-refractivity contribution in [2.24, 2.45) is 0 Å². The highest BCUT2D eigenvalue weighted by Crippen LogP contribution is 2.21. The summed E-state index contributed by atoms with van der Waals surface area (Å²) in [4.78, 5) is 19.1. The third-order valence-corrected chi connectivity index (χ3v) is 4.69. The number of fused-ring (bicyclic) bond motifs is 1. The van der Waals surface area contributed by atoms with Gasteiger partial charge in [0.05, 0.1) is 17.2 Å². The summed E-state index contributed by atoms with van der Waals surface area (Å²) in [5, 5.41) is 9.85. The van der Waals surface area contributed by atoms with Crippen LogP contribution < -0.4 is 0 Å². The summed E-state index contributed by atoms with van der Waals surface area (Å²) in [6, 6.07) is 13.4. The van der Waals surface area contributed by atoms with Crippen molar-refractivity contribution in [2.75, 3.05) is 13.1 Å². The molecular formula is C20H18N4O. The van der Waals surface area contributed by atoms with Gasteiger partial charge in [0, 0.05) is 36.6 Å². The third-order valence-electron chi connectivity index (χ3n) is 4.69. The summed E-state index contributed by atoms with van der Waals surface area (Å²) in [6.45, 7) is 1.67. The van der Waals surface area contributed by atoms with Crippen LogP contribution in [-0.2, 0) is 0 Å². The van der Waals surface area contributed by atoms with E-state index in [0.29, 0.717) is 11.1 Å². The maximum absolute atomic E-state index is 12.6. The second-order valence-corrected chi connectivity index (χ2v) is 6.33. The smallest absolute Gasteiger partial charge is 0.255 e. The molecule has 1 fully saturated rings. The van der Waals surface area contributed by atoms with Gasteiger partial charge in [-0.25, -0.2) is 4.98 Å². The fourth-order valence-electron chi connectivity index (χ4n) is 3.33. The van der Waals surface area contributed by atoms with E-state index in [1.165, 1.54) is 6.42 Å². The first-order valence-corrected chi connectivity index (χ1v) is 8.53. The van der Waals surface area contributed by atoms with Crippen LogP contribution in [0.15, 0.2) is 48.8 Å². The Balaban J connectivity index is 1.66. The molecule has 124 valence electrons. The van der Waals surface area contributed by atoms with E-state index in [-0.39, 0.29) is 5.91 Å². The quantitative estimate of drug-likeness (QED) is 0.722. The highest BCUT2D eigenvalue weighted by molar-refractivity contribution is 5.97. The van der Waals surface area contributed by atoms with Crippen molar-refractivity contribution in [3.63, 3.8) is 0 Å². The molecule has 0 atom stereocenters. The van der Waals surface area contributed by atoms with Gasteiger partial charge in [-0.1, -0.05) is 0 Å². The van der Waals surface area contributed by atoms with Crippen LogP contribution in [0.25, 0.3) is 16.7 Å². The highest BCUT2D eigenvalue weighted by Gasteiger charge is 2.19. The molecule has 3 heterocycles. The standard InChI is InChI=1S/C20H18N4O/c21-13-15-4-6-18(7-5-15)24-11-8-16-12-17(14-22-19(16)24)20(25)23-9-2-1-3-10-23/h4-8,11-12,14H,1-3,9-10H2. The van der Waals surface area contributed by atoms with Gasteiger partial charge in [0.25, 0.3) is 5.91 Å². The van der Waals surface area contributed by atoms with Crippen LogP contribution >= 0.6 is 0 Å². The minimum Gasteiger partial charge on any atom is -0.339 e. The number of piperidine rings is 1. The Bertz CT molecular complexity index is 960. The van der Waals surface area contributed by atoms with E-state index in [1.54, 1.807) is 18.3 Å². The minimum atomic E-state index is 0.0697. The monoisotopic (exact) mass is 330 g/mol. The van der Waals surface area contributed by atoms with Crippen LogP contribution in [0.2, 0.25) is 0 Å². The van der Waals surface area contributed by atoms with E-state index in [4.69, 9.17) is 5.26 Å². The predicted octanol–water partition coefficient (Wildman–Crippen LogP) is 3.52. The number of amides is 1. The van der Waals surface area contributed by atoms with Gasteiger partial charge < -0.3 is 9.47 Å². The molecule has 3 aromatic rings. The van der Waals surface area contributed by atoms with Crippen LogP contribution in [0, 0.1) is 11.3 Å². The van der Waals surface area contributed by atoms with Crippen LogP contribution in [0.1, 0.15) is 35.2 Å². The molecule has 0 saturated carbocycles. The second-order valence-electron chi connectivity index (χ2n) is 6.33. The van der Waals surface area contributed by atoms with Crippen molar-refractivity contribution >= 4 is 16.9 Å². The Kier molecular flexibility index (Phi) is 3.95. The maximum atomic E-state index is 12.6. The number of hydrogen-bond acceptors (Lipinski definition) is 3. The van der Waals surface area contributed by atoms with Gasteiger partial charge in [0.2, 0.25) is 0 Å². The zero-order valence-electron chi connectivity index (χ0n) is 13.9. The van der Waals surface area contributed by atoms with Gasteiger partial charge in [-0.15, -0.1) is 0 Å². The molecule has 25 heavy (non-hydrogen) atoms. The number of nitrogens with zero attached hydrogens (tertiary/aromatic N) is 4. The van der Waals surface area contributed by atoms with E-state index in [0.717, 1.165) is 42.7 Å². The summed E-state index contributed by atoms with van der Waals surface area (Å²) in [5.74, 6) is 0.0697. The van der Waals surface area contributed by atoms with Crippen molar-refractivity contribution in [3.8, 4) is 11.8 Å². The molecule has 1 aliphatic rings. The van der Waals surface area contributed by atoms with Crippen molar-refractivity contribution in [2.45, 2.75) is 19.3 Å². The van der Waals surface area contributed by atoms with E-state index in [1.807, 2.05) is 39.9 Å². The molecule has 0 N–H and O–H groups in total. The number of hydrogen-bond donors (Lipinski definition) is 0. The maximum Gasteiger partial charge on any atom is 0.255 e. The molecule has 0 aliphatic carbocycles. The van der Waals surface area contributed by atoms with E-state index in [2.05, 4.69) is 11.1 Å². The zero-order valence-corrected chi connectivity index (χ0v) is 13.9. The van der Waals surface area contributed by atoms with Gasteiger partial charge in [-0.3, -0.25) is 4.79 Å². The number of aromatic nitrogens is 2. The first kappa shape index (κ1) is 15.4. The number of carbonyl (C=O) groups is 1.